The molecule has 0 saturated heterocycles. The Bertz CT molecular complexity index is 302. The highest BCUT2D eigenvalue weighted by Crippen LogP contribution is 2.16. The molecule has 0 aliphatic carbocycles. The lowest BCUT2D eigenvalue weighted by Gasteiger charge is -2.22. The minimum Gasteiger partial charge on any atom is -0.395 e. The van der Waals surface area contributed by atoms with Crippen molar-refractivity contribution >= 4 is 17.4 Å². The smallest absolute Gasteiger partial charge is 0.0569 e. The van der Waals surface area contributed by atoms with Crippen LogP contribution in [-0.4, -0.2) is 34.2 Å². The van der Waals surface area contributed by atoms with Crippen LogP contribution in [0.2, 0.25) is 0 Å². The average Bonchev–Trinajstić information content (AvgIpc) is 2.19. The number of rotatable bonds is 5. The molecule has 1 rings (SSSR count). The highest BCUT2D eigenvalue weighted by Gasteiger charge is 2.14. The quantitative estimate of drug-likeness (QED) is 0.805. The van der Waals surface area contributed by atoms with Crippen LogP contribution in [0.3, 0.4) is 0 Å². The van der Waals surface area contributed by atoms with Crippen LogP contribution in [0.15, 0.2) is 18.3 Å². The van der Waals surface area contributed by atoms with Gasteiger partial charge in [-0.15, -0.1) is 0 Å². The van der Waals surface area contributed by atoms with Crippen molar-refractivity contribution < 1.29 is 5.11 Å². The zero-order valence-electron chi connectivity index (χ0n) is 9.40. The van der Waals surface area contributed by atoms with Crippen LogP contribution in [0.25, 0.3) is 0 Å². The fourth-order valence-corrected chi connectivity index (χ4v) is 2.05. The maximum absolute atomic E-state index is 9.16. The van der Waals surface area contributed by atoms with E-state index in [-0.39, 0.29) is 17.9 Å². The molecule has 84 valence electrons. The van der Waals surface area contributed by atoms with E-state index in [9.17, 15) is 0 Å². The lowest BCUT2D eigenvalue weighted by molar-refractivity contribution is 0.288. The van der Waals surface area contributed by atoms with Gasteiger partial charge in [-0.1, -0.05) is 0 Å². The Hall–Kier alpha value is -0.740. The first-order chi connectivity index (χ1) is 7.17. The molecule has 1 aromatic rings. The van der Waals surface area contributed by atoms with Gasteiger partial charge in [-0.25, -0.2) is 0 Å². The first kappa shape index (κ1) is 12.3. The van der Waals surface area contributed by atoms with E-state index in [1.807, 2.05) is 25.3 Å². The number of pyridine rings is 1. The largest absolute Gasteiger partial charge is 0.395 e. The summed E-state index contributed by atoms with van der Waals surface area (Å²) in [5.74, 6) is 0. The summed E-state index contributed by atoms with van der Waals surface area (Å²) >= 11 is 1.67. The van der Waals surface area contributed by atoms with Crippen molar-refractivity contribution in [3.8, 4) is 0 Å². The summed E-state index contributed by atoms with van der Waals surface area (Å²) in [6, 6.07) is 4.19. The summed E-state index contributed by atoms with van der Waals surface area (Å²) in [6.07, 6.45) is 3.80. The average molecular weight is 226 g/mol. The van der Waals surface area contributed by atoms with Crippen LogP contribution in [0.5, 0.6) is 0 Å². The molecule has 2 N–H and O–H groups in total. The molecule has 1 heterocycles. The fraction of sp³-hybridized carbons (Fsp3) is 0.545. The van der Waals surface area contributed by atoms with E-state index in [0.717, 1.165) is 11.4 Å². The number of hydrogen-bond acceptors (Lipinski definition) is 4. The molecule has 0 aliphatic rings. The highest BCUT2D eigenvalue weighted by atomic mass is 32.2. The first-order valence-corrected chi connectivity index (χ1v) is 6.29. The van der Waals surface area contributed by atoms with E-state index in [1.165, 1.54) is 0 Å². The molecule has 1 aromatic heterocycles. The summed E-state index contributed by atoms with van der Waals surface area (Å²) < 4.78 is 0. The predicted octanol–water partition coefficient (Wildman–Crippen LogP) is 1.91. The predicted molar refractivity (Wildman–Crippen MR) is 66.4 cm³/mol. The summed E-state index contributed by atoms with van der Waals surface area (Å²) in [4.78, 5) is 4.14. The number of aromatic nitrogens is 1. The number of hydrogen-bond donors (Lipinski definition) is 2. The van der Waals surface area contributed by atoms with Crippen molar-refractivity contribution in [2.75, 3.05) is 18.2 Å². The summed E-state index contributed by atoms with van der Waals surface area (Å²) in [5.41, 5.74) is 2.06. The number of aryl methyl sites for hydroxylation is 1. The van der Waals surface area contributed by atoms with Crippen molar-refractivity contribution in [3.05, 3.63) is 24.0 Å². The molecule has 2 atom stereocenters. The van der Waals surface area contributed by atoms with Gasteiger partial charge in [0.1, 0.15) is 0 Å². The number of nitrogens with zero attached hydrogens (tertiary/aromatic N) is 1. The van der Waals surface area contributed by atoms with E-state index in [0.29, 0.717) is 0 Å². The Labute approximate surface area is 95.3 Å². The third kappa shape index (κ3) is 3.72. The third-order valence-electron chi connectivity index (χ3n) is 2.33. The van der Waals surface area contributed by atoms with Gasteiger partial charge in [-0.2, -0.15) is 11.8 Å². The molecular formula is C11H18N2OS. The lowest BCUT2D eigenvalue weighted by Crippen LogP contribution is -2.30. The van der Waals surface area contributed by atoms with Crippen LogP contribution < -0.4 is 5.32 Å². The van der Waals surface area contributed by atoms with Gasteiger partial charge in [0.25, 0.3) is 0 Å². The Morgan fingerprint density at radius 1 is 1.60 bits per heavy atom. The van der Waals surface area contributed by atoms with Crippen molar-refractivity contribution in [3.63, 3.8) is 0 Å². The fourth-order valence-electron chi connectivity index (χ4n) is 1.43. The lowest BCUT2D eigenvalue weighted by atomic mass is 10.2. The molecule has 15 heavy (non-hydrogen) atoms. The van der Waals surface area contributed by atoms with E-state index < -0.39 is 0 Å². The van der Waals surface area contributed by atoms with Gasteiger partial charge in [0.05, 0.1) is 6.61 Å². The Balaban J connectivity index is 2.61. The van der Waals surface area contributed by atoms with Gasteiger partial charge in [-0.05, 0) is 32.2 Å². The second-order valence-electron chi connectivity index (χ2n) is 3.58. The maximum Gasteiger partial charge on any atom is 0.0569 e. The number of aliphatic hydroxyl groups is 1. The molecule has 2 unspecified atom stereocenters. The molecule has 0 bridgehead atoms. The summed E-state index contributed by atoms with van der Waals surface area (Å²) in [7, 11) is 0. The van der Waals surface area contributed by atoms with Crippen molar-refractivity contribution in [1.29, 1.82) is 0 Å². The van der Waals surface area contributed by atoms with Gasteiger partial charge in [0.2, 0.25) is 0 Å². The van der Waals surface area contributed by atoms with Gasteiger partial charge in [0, 0.05) is 28.9 Å². The number of aliphatic hydroxyl groups excluding tert-OH is 1. The van der Waals surface area contributed by atoms with Crippen LogP contribution in [0.4, 0.5) is 5.69 Å². The summed E-state index contributed by atoms with van der Waals surface area (Å²) in [6.45, 7) is 4.24. The highest BCUT2D eigenvalue weighted by molar-refractivity contribution is 7.99. The number of thioether (sulfide) groups is 1. The second kappa shape index (κ2) is 5.98. The van der Waals surface area contributed by atoms with Gasteiger partial charge in [-0.3, -0.25) is 4.98 Å². The monoisotopic (exact) mass is 226 g/mol. The Morgan fingerprint density at radius 3 is 2.87 bits per heavy atom. The molecular weight excluding hydrogens is 208 g/mol. The molecule has 0 fully saturated rings. The number of anilines is 1. The van der Waals surface area contributed by atoms with E-state index in [1.54, 1.807) is 18.0 Å². The Kier molecular flexibility index (Phi) is 4.91. The van der Waals surface area contributed by atoms with Crippen molar-refractivity contribution in [1.82, 2.24) is 4.98 Å². The topological polar surface area (TPSA) is 45.1 Å². The van der Waals surface area contributed by atoms with Gasteiger partial charge < -0.3 is 10.4 Å². The standard InChI is InChI=1S/C11H18N2OS/c1-8-6-10(4-5-12-8)13-9(2)11(7-14)15-3/h4-6,9,11,14H,7H2,1-3H3,(H,12,13). The van der Waals surface area contributed by atoms with E-state index in [2.05, 4.69) is 17.2 Å². The molecule has 0 aliphatic heterocycles. The molecule has 3 nitrogen and oxygen atoms in total. The van der Waals surface area contributed by atoms with Crippen LogP contribution >= 0.6 is 11.8 Å². The van der Waals surface area contributed by atoms with Gasteiger partial charge in [0.15, 0.2) is 0 Å². The molecule has 0 amide bonds. The van der Waals surface area contributed by atoms with Crippen LogP contribution in [0.1, 0.15) is 12.6 Å². The third-order valence-corrected chi connectivity index (χ3v) is 3.49. The summed E-state index contributed by atoms with van der Waals surface area (Å²) in [5, 5.41) is 12.7. The SMILES string of the molecule is CSC(CO)C(C)Nc1ccnc(C)c1. The molecule has 0 spiro atoms. The number of nitrogens with one attached hydrogen (secondary N) is 1. The second-order valence-corrected chi connectivity index (χ2v) is 4.65. The van der Waals surface area contributed by atoms with Crippen LogP contribution in [0, 0.1) is 6.92 Å². The molecule has 0 saturated carbocycles. The zero-order valence-corrected chi connectivity index (χ0v) is 10.2. The van der Waals surface area contributed by atoms with E-state index in [4.69, 9.17) is 5.11 Å². The Morgan fingerprint density at radius 2 is 2.33 bits per heavy atom. The molecule has 0 aromatic carbocycles. The van der Waals surface area contributed by atoms with Crippen LogP contribution in [-0.2, 0) is 0 Å². The minimum absolute atomic E-state index is 0.194. The molecule has 0 radical (unpaired) electrons. The maximum atomic E-state index is 9.16. The minimum atomic E-state index is 0.194. The van der Waals surface area contributed by atoms with Gasteiger partial charge >= 0.3 is 0 Å². The van der Waals surface area contributed by atoms with Crippen molar-refractivity contribution in [2.45, 2.75) is 25.1 Å². The molecule has 4 heteroatoms. The zero-order chi connectivity index (χ0) is 11.3. The van der Waals surface area contributed by atoms with E-state index >= 15 is 0 Å². The van der Waals surface area contributed by atoms with Crippen molar-refractivity contribution in [2.24, 2.45) is 0 Å². The first-order valence-electron chi connectivity index (χ1n) is 5.00. The normalized spacial score (nSPS) is 14.7.